The molecule has 4 amide bonds. The predicted octanol–water partition coefficient (Wildman–Crippen LogP) is 2.99. The van der Waals surface area contributed by atoms with Gasteiger partial charge in [0.1, 0.15) is 12.1 Å². The Morgan fingerprint density at radius 2 is 1.48 bits per heavy atom. The lowest BCUT2D eigenvalue weighted by Crippen LogP contribution is -2.53. The Hall–Kier alpha value is -4.32. The second-order valence-electron chi connectivity index (χ2n) is 13.2. The molecule has 0 spiro atoms. The Labute approximate surface area is 283 Å². The number of rotatable bonds is 20. The van der Waals surface area contributed by atoms with Gasteiger partial charge in [-0.15, -0.1) is 0 Å². The van der Waals surface area contributed by atoms with Gasteiger partial charge >= 0.3 is 5.97 Å². The van der Waals surface area contributed by atoms with Crippen molar-refractivity contribution in [2.45, 2.75) is 104 Å². The molecule has 48 heavy (non-hydrogen) atoms. The number of aromatic nitrogens is 1. The molecular formula is C36H53N5O7. The monoisotopic (exact) mass is 667 g/mol. The first-order chi connectivity index (χ1) is 22.7. The molecule has 0 aliphatic carbocycles. The third kappa shape index (κ3) is 13.8. The van der Waals surface area contributed by atoms with Crippen LogP contribution >= 0.6 is 0 Å². The van der Waals surface area contributed by atoms with Crippen LogP contribution in [0.3, 0.4) is 0 Å². The smallest absolute Gasteiger partial charge is 0.326 e. The fraction of sp³-hybridized carbons (Fsp3) is 0.556. The van der Waals surface area contributed by atoms with Gasteiger partial charge in [-0.05, 0) is 48.3 Å². The molecule has 2 rings (SSSR count). The number of carbonyl (C=O) groups excluding carboxylic acids is 4. The van der Waals surface area contributed by atoms with Crippen molar-refractivity contribution in [3.63, 3.8) is 0 Å². The van der Waals surface area contributed by atoms with Crippen LogP contribution in [0.25, 0.3) is 0 Å². The maximum Gasteiger partial charge on any atom is 0.326 e. The van der Waals surface area contributed by atoms with Crippen molar-refractivity contribution in [3.8, 4) is 0 Å². The topological polar surface area (TPSA) is 187 Å². The highest BCUT2D eigenvalue weighted by Crippen LogP contribution is 2.23. The Kier molecular flexibility index (Phi) is 16.7. The Bertz CT molecular complexity index is 1320. The van der Waals surface area contributed by atoms with Crippen molar-refractivity contribution in [1.29, 1.82) is 0 Å². The molecule has 0 bridgehead atoms. The molecule has 0 radical (unpaired) electrons. The first kappa shape index (κ1) is 39.9. The second-order valence-corrected chi connectivity index (χ2v) is 13.2. The van der Waals surface area contributed by atoms with E-state index in [1.54, 1.807) is 48.7 Å². The van der Waals surface area contributed by atoms with Gasteiger partial charge in [0, 0.05) is 12.1 Å². The van der Waals surface area contributed by atoms with Gasteiger partial charge < -0.3 is 31.5 Å². The van der Waals surface area contributed by atoms with E-state index >= 15 is 0 Å². The van der Waals surface area contributed by atoms with Gasteiger partial charge in [-0.2, -0.15) is 0 Å². The first-order valence-corrected chi connectivity index (χ1v) is 16.7. The van der Waals surface area contributed by atoms with E-state index < -0.39 is 54.4 Å². The SMILES string of the molecule is CC[C@H](C)[C@H](NC(=O)[C@@H](C[C@H](O)[C@H](CC(C)C)NC(=O)C[C@H](NC(=O)Cc1ccccc1)C(=O)O)C(C)C)C(=O)NCc1ccccn1. The Morgan fingerprint density at radius 3 is 2.04 bits per heavy atom. The number of carboxylic acids is 1. The number of hydrogen-bond acceptors (Lipinski definition) is 7. The number of carboxylic acid groups (broad SMARTS) is 1. The second kappa shape index (κ2) is 20.1. The van der Waals surface area contributed by atoms with Gasteiger partial charge in [-0.1, -0.05) is 84.4 Å². The molecular weight excluding hydrogens is 614 g/mol. The minimum absolute atomic E-state index is 0.000117. The lowest BCUT2D eigenvalue weighted by atomic mass is 9.85. The highest BCUT2D eigenvalue weighted by atomic mass is 16.4. The van der Waals surface area contributed by atoms with Crippen LogP contribution in [0.2, 0.25) is 0 Å². The van der Waals surface area contributed by atoms with Crippen LogP contribution in [0, 0.1) is 23.7 Å². The Balaban J connectivity index is 2.09. The summed E-state index contributed by atoms with van der Waals surface area (Å²) in [6, 6.07) is 11.2. The van der Waals surface area contributed by atoms with Crippen molar-refractivity contribution < 1.29 is 34.2 Å². The van der Waals surface area contributed by atoms with E-state index in [9.17, 15) is 34.2 Å². The number of benzene rings is 1. The molecule has 0 aliphatic rings. The van der Waals surface area contributed by atoms with E-state index in [-0.39, 0.29) is 49.0 Å². The summed E-state index contributed by atoms with van der Waals surface area (Å²) >= 11 is 0. The minimum atomic E-state index is -1.46. The molecule has 6 N–H and O–H groups in total. The van der Waals surface area contributed by atoms with Gasteiger partial charge in [0.2, 0.25) is 23.6 Å². The van der Waals surface area contributed by atoms with Crippen molar-refractivity contribution in [2.24, 2.45) is 23.7 Å². The van der Waals surface area contributed by atoms with Crippen LogP contribution < -0.4 is 21.3 Å². The highest BCUT2D eigenvalue weighted by Gasteiger charge is 2.34. The van der Waals surface area contributed by atoms with Crippen LogP contribution in [-0.4, -0.2) is 69.0 Å². The average molecular weight is 668 g/mol. The molecule has 12 nitrogen and oxygen atoms in total. The Morgan fingerprint density at radius 1 is 0.812 bits per heavy atom. The fourth-order valence-electron chi connectivity index (χ4n) is 5.36. The molecule has 264 valence electrons. The van der Waals surface area contributed by atoms with Crippen LogP contribution in [0.1, 0.15) is 78.5 Å². The van der Waals surface area contributed by atoms with Crippen molar-refractivity contribution >= 4 is 29.6 Å². The van der Waals surface area contributed by atoms with Crippen LogP contribution in [-0.2, 0) is 36.9 Å². The maximum absolute atomic E-state index is 13.6. The molecule has 1 heterocycles. The molecule has 0 saturated carbocycles. The van der Waals surface area contributed by atoms with Gasteiger partial charge in [-0.25, -0.2) is 4.79 Å². The molecule has 12 heteroatoms. The molecule has 0 saturated heterocycles. The number of hydrogen-bond donors (Lipinski definition) is 6. The maximum atomic E-state index is 13.6. The summed E-state index contributed by atoms with van der Waals surface area (Å²) in [6.07, 6.45) is 0.925. The molecule has 1 aromatic carbocycles. The predicted molar refractivity (Wildman–Crippen MR) is 182 cm³/mol. The number of aliphatic carboxylic acids is 1. The fourth-order valence-corrected chi connectivity index (χ4v) is 5.36. The lowest BCUT2D eigenvalue weighted by Gasteiger charge is -2.31. The number of aliphatic hydroxyl groups excluding tert-OH is 1. The quantitative estimate of drug-likeness (QED) is 0.124. The average Bonchev–Trinajstić information content (AvgIpc) is 3.04. The lowest BCUT2D eigenvalue weighted by molar-refractivity contribution is -0.143. The van der Waals surface area contributed by atoms with Gasteiger partial charge in [0.05, 0.1) is 37.2 Å². The number of nitrogens with zero attached hydrogens (tertiary/aromatic N) is 1. The van der Waals surface area contributed by atoms with Crippen LogP contribution in [0.15, 0.2) is 54.7 Å². The van der Waals surface area contributed by atoms with Gasteiger partial charge in [0.25, 0.3) is 0 Å². The standard InChI is InChI=1S/C36H53N5O7/c1-7-24(6)33(35(46)38-21-26-15-11-12-16-37-26)41-34(45)27(23(4)5)19-30(42)28(17-22(2)3)39-32(44)20-29(36(47)48)40-31(43)18-25-13-9-8-10-14-25/h8-16,22-24,27-30,33,42H,7,17-21H2,1-6H3,(H,38,46)(H,39,44)(H,40,43)(H,41,45)(H,47,48)/t24-,27-,28-,29-,30-,33-/m0/s1. The number of carbonyl (C=O) groups is 5. The van der Waals surface area contributed by atoms with Crippen molar-refractivity contribution in [3.05, 3.63) is 66.0 Å². The van der Waals surface area contributed by atoms with Gasteiger partial charge in [0.15, 0.2) is 0 Å². The zero-order valence-electron chi connectivity index (χ0n) is 28.9. The third-order valence-electron chi connectivity index (χ3n) is 8.37. The summed E-state index contributed by atoms with van der Waals surface area (Å²) in [5.41, 5.74) is 1.39. The van der Waals surface area contributed by atoms with E-state index in [4.69, 9.17) is 0 Å². The number of pyridine rings is 1. The number of amides is 4. The molecule has 1 aromatic heterocycles. The normalized spacial score (nSPS) is 15.0. The largest absolute Gasteiger partial charge is 0.480 e. The summed E-state index contributed by atoms with van der Waals surface area (Å²) in [6.45, 7) is 11.6. The third-order valence-corrected chi connectivity index (χ3v) is 8.37. The zero-order valence-corrected chi connectivity index (χ0v) is 28.9. The summed E-state index contributed by atoms with van der Waals surface area (Å²) < 4.78 is 0. The molecule has 2 aromatic rings. The van der Waals surface area contributed by atoms with E-state index in [0.29, 0.717) is 24.1 Å². The summed E-state index contributed by atoms with van der Waals surface area (Å²) in [5, 5.41) is 32.0. The summed E-state index contributed by atoms with van der Waals surface area (Å²) in [4.78, 5) is 68.6. The molecule has 0 unspecified atom stereocenters. The number of nitrogens with one attached hydrogen (secondary N) is 4. The molecule has 0 aliphatic heterocycles. The summed E-state index contributed by atoms with van der Waals surface area (Å²) in [7, 11) is 0. The molecule has 6 atom stereocenters. The van der Waals surface area contributed by atoms with E-state index in [1.165, 1.54) is 0 Å². The van der Waals surface area contributed by atoms with Gasteiger partial charge in [-0.3, -0.25) is 24.2 Å². The van der Waals surface area contributed by atoms with E-state index in [2.05, 4.69) is 26.3 Å². The van der Waals surface area contributed by atoms with E-state index in [0.717, 1.165) is 0 Å². The molecule has 0 fully saturated rings. The summed E-state index contributed by atoms with van der Waals surface area (Å²) in [5.74, 6) is -4.28. The minimum Gasteiger partial charge on any atom is -0.480 e. The van der Waals surface area contributed by atoms with Crippen LogP contribution in [0.4, 0.5) is 0 Å². The van der Waals surface area contributed by atoms with Crippen LogP contribution in [0.5, 0.6) is 0 Å². The van der Waals surface area contributed by atoms with E-state index in [1.807, 2.05) is 47.6 Å². The highest BCUT2D eigenvalue weighted by molar-refractivity contribution is 5.90. The zero-order chi connectivity index (χ0) is 35.8. The first-order valence-electron chi connectivity index (χ1n) is 16.7. The number of aliphatic hydroxyl groups is 1. The van der Waals surface area contributed by atoms with Crippen molar-refractivity contribution in [2.75, 3.05) is 0 Å². The van der Waals surface area contributed by atoms with Crippen molar-refractivity contribution in [1.82, 2.24) is 26.3 Å².